The predicted molar refractivity (Wildman–Crippen MR) is 94.0 cm³/mol. The molecule has 0 radical (unpaired) electrons. The molecule has 1 aromatic heterocycles. The van der Waals surface area contributed by atoms with Gasteiger partial charge in [0.15, 0.2) is 0 Å². The number of benzene rings is 1. The summed E-state index contributed by atoms with van der Waals surface area (Å²) in [6.45, 7) is 5.68. The van der Waals surface area contributed by atoms with Gasteiger partial charge in [0.2, 0.25) is 5.91 Å². The van der Waals surface area contributed by atoms with Crippen LogP contribution in [0.2, 0.25) is 0 Å². The maximum absolute atomic E-state index is 13.8. The molecule has 0 atom stereocenters. The smallest absolute Gasteiger partial charge is 0.319 e. The molecule has 0 aliphatic heterocycles. The van der Waals surface area contributed by atoms with E-state index in [0.29, 0.717) is 18.7 Å². The third-order valence-electron chi connectivity index (χ3n) is 3.46. The third kappa shape index (κ3) is 5.63. The second kappa shape index (κ2) is 8.32. The van der Waals surface area contributed by atoms with E-state index in [2.05, 4.69) is 16.0 Å². The molecule has 0 bridgehead atoms. The molecule has 3 amide bonds. The fourth-order valence-electron chi connectivity index (χ4n) is 2.07. The molecule has 0 aliphatic rings. The molecule has 0 saturated heterocycles. The predicted octanol–water partition coefficient (Wildman–Crippen LogP) is 3.69. The van der Waals surface area contributed by atoms with Crippen molar-refractivity contribution in [1.29, 1.82) is 0 Å². The first-order valence-corrected chi connectivity index (χ1v) is 8.05. The van der Waals surface area contributed by atoms with Crippen LogP contribution in [0.5, 0.6) is 0 Å². The molecule has 2 aromatic rings. The summed E-state index contributed by atoms with van der Waals surface area (Å²) in [5.74, 6) is 0.479. The van der Waals surface area contributed by atoms with Crippen molar-refractivity contribution < 1.29 is 18.4 Å². The number of anilines is 2. The van der Waals surface area contributed by atoms with Crippen LogP contribution >= 0.6 is 0 Å². The van der Waals surface area contributed by atoms with Gasteiger partial charge in [-0.2, -0.15) is 0 Å². The van der Waals surface area contributed by atoms with Gasteiger partial charge in [-0.15, -0.1) is 0 Å². The van der Waals surface area contributed by atoms with E-state index >= 15 is 0 Å². The second-order valence-electron chi connectivity index (χ2n) is 5.98. The highest BCUT2D eigenvalue weighted by Gasteiger charge is 2.12. The minimum Gasteiger partial charge on any atom is -0.466 e. The lowest BCUT2D eigenvalue weighted by Gasteiger charge is -2.11. The average Bonchev–Trinajstić information content (AvgIpc) is 2.96. The van der Waals surface area contributed by atoms with Crippen LogP contribution in [-0.4, -0.2) is 18.5 Å². The Balaban J connectivity index is 1.88. The monoisotopic (exact) mass is 347 g/mol. The molecular formula is C18H22FN3O3. The summed E-state index contributed by atoms with van der Waals surface area (Å²) in [7, 11) is 0. The molecule has 0 spiro atoms. The van der Waals surface area contributed by atoms with Crippen molar-refractivity contribution in [2.24, 2.45) is 5.92 Å². The molecule has 0 fully saturated rings. The van der Waals surface area contributed by atoms with Crippen LogP contribution in [0, 0.1) is 18.7 Å². The molecule has 7 heteroatoms. The minimum atomic E-state index is -0.562. The van der Waals surface area contributed by atoms with Gasteiger partial charge in [0.05, 0.1) is 5.69 Å². The van der Waals surface area contributed by atoms with Crippen LogP contribution in [-0.2, 0) is 11.2 Å². The van der Waals surface area contributed by atoms with Gasteiger partial charge in [-0.1, -0.05) is 13.8 Å². The van der Waals surface area contributed by atoms with Crippen LogP contribution < -0.4 is 16.0 Å². The van der Waals surface area contributed by atoms with E-state index < -0.39 is 11.8 Å². The first-order chi connectivity index (χ1) is 11.8. The molecule has 0 aliphatic carbocycles. The number of urea groups is 1. The Labute approximate surface area is 145 Å². The number of halogens is 1. The minimum absolute atomic E-state index is 0.0301. The second-order valence-corrected chi connectivity index (χ2v) is 5.98. The van der Waals surface area contributed by atoms with E-state index in [9.17, 15) is 14.0 Å². The van der Waals surface area contributed by atoms with Gasteiger partial charge in [-0.05, 0) is 37.3 Å². The highest BCUT2D eigenvalue weighted by atomic mass is 19.1. The summed E-state index contributed by atoms with van der Waals surface area (Å²) in [5.41, 5.74) is 0.411. The number of furan rings is 1. The van der Waals surface area contributed by atoms with Crippen LogP contribution in [0.15, 0.2) is 34.7 Å². The Morgan fingerprint density at radius 3 is 2.56 bits per heavy atom. The summed E-state index contributed by atoms with van der Waals surface area (Å²) in [6, 6.07) is 7.30. The zero-order chi connectivity index (χ0) is 18.4. The SMILES string of the molecule is Cc1ccc(CCNC(=O)Nc2ccc(F)c(NC(=O)C(C)C)c2)o1. The number of carbonyl (C=O) groups is 2. The fraction of sp³-hybridized carbons (Fsp3) is 0.333. The van der Waals surface area contributed by atoms with Gasteiger partial charge in [0.1, 0.15) is 17.3 Å². The summed E-state index contributed by atoms with van der Waals surface area (Å²) in [4.78, 5) is 23.6. The molecule has 1 aromatic carbocycles. The Morgan fingerprint density at radius 1 is 1.16 bits per heavy atom. The van der Waals surface area contributed by atoms with Gasteiger partial charge in [0, 0.05) is 24.6 Å². The lowest BCUT2D eigenvalue weighted by atomic mass is 10.2. The normalized spacial score (nSPS) is 10.6. The van der Waals surface area contributed by atoms with Crippen molar-refractivity contribution in [2.45, 2.75) is 27.2 Å². The van der Waals surface area contributed by atoms with Crippen LogP contribution in [0.3, 0.4) is 0 Å². The Bertz CT molecular complexity index is 756. The Hall–Kier alpha value is -2.83. The molecule has 6 nitrogen and oxygen atoms in total. The van der Waals surface area contributed by atoms with E-state index in [4.69, 9.17) is 4.42 Å². The molecular weight excluding hydrogens is 325 g/mol. The fourth-order valence-corrected chi connectivity index (χ4v) is 2.07. The summed E-state index contributed by atoms with van der Waals surface area (Å²) in [6.07, 6.45) is 0.570. The number of rotatable bonds is 6. The lowest BCUT2D eigenvalue weighted by molar-refractivity contribution is -0.118. The Kier molecular flexibility index (Phi) is 6.16. The number of hydrogen-bond acceptors (Lipinski definition) is 3. The van der Waals surface area contributed by atoms with E-state index in [1.807, 2.05) is 19.1 Å². The lowest BCUT2D eigenvalue weighted by Crippen LogP contribution is -2.30. The molecule has 2 rings (SSSR count). The third-order valence-corrected chi connectivity index (χ3v) is 3.46. The zero-order valence-electron chi connectivity index (χ0n) is 14.5. The van der Waals surface area contributed by atoms with Gasteiger partial charge in [0.25, 0.3) is 0 Å². The number of hydrogen-bond donors (Lipinski definition) is 3. The maximum atomic E-state index is 13.8. The van der Waals surface area contributed by atoms with Crippen LogP contribution in [0.1, 0.15) is 25.4 Å². The summed E-state index contributed by atoms with van der Waals surface area (Å²) in [5, 5.41) is 7.79. The highest BCUT2D eigenvalue weighted by molar-refractivity contribution is 5.94. The number of carbonyl (C=O) groups excluding carboxylic acids is 2. The zero-order valence-corrected chi connectivity index (χ0v) is 14.5. The quantitative estimate of drug-likeness (QED) is 0.745. The number of aryl methyl sites for hydroxylation is 1. The van der Waals surface area contributed by atoms with Crippen molar-refractivity contribution >= 4 is 23.3 Å². The Morgan fingerprint density at radius 2 is 1.92 bits per heavy atom. The van der Waals surface area contributed by atoms with Crippen LogP contribution in [0.4, 0.5) is 20.6 Å². The van der Waals surface area contributed by atoms with Crippen LogP contribution in [0.25, 0.3) is 0 Å². The van der Waals surface area contributed by atoms with E-state index in [0.717, 1.165) is 11.5 Å². The maximum Gasteiger partial charge on any atom is 0.319 e. The first-order valence-electron chi connectivity index (χ1n) is 8.05. The van der Waals surface area contributed by atoms with Gasteiger partial charge >= 0.3 is 6.03 Å². The van der Waals surface area contributed by atoms with E-state index in [-0.39, 0.29) is 17.5 Å². The van der Waals surface area contributed by atoms with Crippen molar-refractivity contribution in [3.8, 4) is 0 Å². The molecule has 0 unspecified atom stereocenters. The van der Waals surface area contributed by atoms with Crippen molar-refractivity contribution in [3.63, 3.8) is 0 Å². The summed E-state index contributed by atoms with van der Waals surface area (Å²) < 4.78 is 19.2. The topological polar surface area (TPSA) is 83.4 Å². The summed E-state index contributed by atoms with van der Waals surface area (Å²) >= 11 is 0. The van der Waals surface area contributed by atoms with Gasteiger partial charge in [-0.25, -0.2) is 9.18 Å². The molecule has 3 N–H and O–H groups in total. The van der Waals surface area contributed by atoms with E-state index in [1.165, 1.54) is 18.2 Å². The van der Waals surface area contributed by atoms with Gasteiger partial charge < -0.3 is 20.4 Å². The largest absolute Gasteiger partial charge is 0.466 e. The molecule has 25 heavy (non-hydrogen) atoms. The van der Waals surface area contributed by atoms with Crippen molar-refractivity contribution in [1.82, 2.24) is 5.32 Å². The van der Waals surface area contributed by atoms with Gasteiger partial charge in [-0.3, -0.25) is 4.79 Å². The average molecular weight is 347 g/mol. The standard InChI is InChI=1S/C18H22FN3O3/c1-11(2)17(23)22-16-10-13(5-7-15(16)19)21-18(24)20-9-8-14-6-4-12(3)25-14/h4-7,10-11H,8-9H2,1-3H3,(H,22,23)(H2,20,21,24). The van der Waals surface area contributed by atoms with E-state index in [1.54, 1.807) is 13.8 Å². The van der Waals surface area contributed by atoms with Crippen molar-refractivity contribution in [2.75, 3.05) is 17.2 Å². The molecule has 134 valence electrons. The van der Waals surface area contributed by atoms with Crippen molar-refractivity contribution in [3.05, 3.63) is 47.7 Å². The first kappa shape index (κ1) is 18.5. The highest BCUT2D eigenvalue weighted by Crippen LogP contribution is 2.20. The number of amides is 3. The molecule has 1 heterocycles. The molecule has 0 saturated carbocycles. The number of nitrogens with one attached hydrogen (secondary N) is 3.